The summed E-state index contributed by atoms with van der Waals surface area (Å²) in [6.07, 6.45) is 0. The average molecular weight is 245 g/mol. The zero-order valence-electron chi connectivity index (χ0n) is 8.24. The van der Waals surface area contributed by atoms with E-state index in [-0.39, 0.29) is 0 Å². The van der Waals surface area contributed by atoms with Crippen molar-refractivity contribution in [3.05, 3.63) is 0 Å². The van der Waals surface area contributed by atoms with Crippen molar-refractivity contribution in [2.24, 2.45) is 0 Å². The van der Waals surface area contributed by atoms with Crippen molar-refractivity contribution in [3.8, 4) is 0 Å². The van der Waals surface area contributed by atoms with Crippen LogP contribution in [0.4, 0.5) is 0 Å². The molecule has 1 heterocycles. The second-order valence-corrected chi connectivity index (χ2v) is 35.0. The Balaban J connectivity index is 2.87. The molecule has 66 valence electrons. The standard InChI is InChI=1S/C6H18P5/c1-7-8(2)10(4)11(5,6)9(7)3/h1-6H3/q+1. The Labute approximate surface area is 76.1 Å². The molecule has 1 aliphatic rings. The molecule has 4 unspecified atom stereocenters. The van der Waals surface area contributed by atoms with Crippen LogP contribution in [0.1, 0.15) is 0 Å². The first-order chi connectivity index (χ1) is 4.89. The molecule has 0 aromatic heterocycles. The lowest BCUT2D eigenvalue weighted by Gasteiger charge is -2.20. The van der Waals surface area contributed by atoms with Gasteiger partial charge in [0.1, 0.15) is 0 Å². The third kappa shape index (κ3) is 1.83. The Morgan fingerprint density at radius 1 is 0.727 bits per heavy atom. The van der Waals surface area contributed by atoms with Crippen molar-refractivity contribution >= 4 is 35.8 Å². The van der Waals surface area contributed by atoms with Crippen molar-refractivity contribution < 1.29 is 0 Å². The lowest BCUT2D eigenvalue weighted by atomic mass is 11.9. The van der Waals surface area contributed by atoms with Crippen LogP contribution in [0, 0.1) is 0 Å². The van der Waals surface area contributed by atoms with E-state index in [1.807, 2.05) is 0 Å². The van der Waals surface area contributed by atoms with Gasteiger partial charge in [-0.25, -0.2) is 0 Å². The lowest BCUT2D eigenvalue weighted by Crippen LogP contribution is -1.72. The SMILES string of the molecule is CP1P(C)P(C)[P+](C)(C)P1C. The van der Waals surface area contributed by atoms with Crippen LogP contribution in [0.25, 0.3) is 0 Å². The van der Waals surface area contributed by atoms with Gasteiger partial charge in [0, 0.05) is 0 Å². The zero-order valence-corrected chi connectivity index (χ0v) is 12.7. The molecule has 1 aliphatic heterocycles. The first-order valence-electron chi connectivity index (χ1n) is 3.68. The highest BCUT2D eigenvalue weighted by atomic mass is 33.0. The quantitative estimate of drug-likeness (QED) is 0.508. The Morgan fingerprint density at radius 2 is 1.00 bits per heavy atom. The summed E-state index contributed by atoms with van der Waals surface area (Å²) in [4.78, 5) is 0. The van der Waals surface area contributed by atoms with Gasteiger partial charge < -0.3 is 0 Å². The van der Waals surface area contributed by atoms with E-state index < -0.39 is 6.64 Å². The smallest absolute Gasteiger partial charge is 0.0329 e. The third-order valence-electron chi connectivity index (χ3n) is 2.67. The molecule has 0 nitrogen and oxygen atoms in total. The summed E-state index contributed by atoms with van der Waals surface area (Å²) in [5, 5.41) is 0. The summed E-state index contributed by atoms with van der Waals surface area (Å²) in [5.41, 5.74) is 0. The van der Waals surface area contributed by atoms with Crippen molar-refractivity contribution in [2.75, 3.05) is 40.0 Å². The molecule has 0 aliphatic carbocycles. The largest absolute Gasteiger partial charge is 0.0822 e. The number of hydrogen-bond donors (Lipinski definition) is 0. The monoisotopic (exact) mass is 245 g/mol. The van der Waals surface area contributed by atoms with Crippen molar-refractivity contribution in [1.29, 1.82) is 0 Å². The molecule has 0 bridgehead atoms. The van der Waals surface area contributed by atoms with E-state index in [1.54, 1.807) is 0 Å². The number of rotatable bonds is 0. The first kappa shape index (κ1) is 11.2. The Morgan fingerprint density at radius 3 is 1.09 bits per heavy atom. The predicted octanol–water partition coefficient (Wildman–Crippen LogP) is 5.30. The highest BCUT2D eigenvalue weighted by Gasteiger charge is 2.54. The molecule has 4 atom stereocenters. The van der Waals surface area contributed by atoms with Crippen LogP contribution >= 0.6 is 35.8 Å². The van der Waals surface area contributed by atoms with Gasteiger partial charge in [-0.05, 0) is 41.3 Å². The Kier molecular flexibility index (Phi) is 3.80. The van der Waals surface area contributed by atoms with Crippen LogP contribution in [0.3, 0.4) is 0 Å². The van der Waals surface area contributed by atoms with Crippen LogP contribution in [-0.2, 0) is 0 Å². The van der Waals surface area contributed by atoms with Gasteiger partial charge in [-0.15, -0.1) is 0 Å². The summed E-state index contributed by atoms with van der Waals surface area (Å²) in [7, 11) is 1.96. The van der Waals surface area contributed by atoms with Crippen LogP contribution in [-0.4, -0.2) is 40.0 Å². The predicted molar refractivity (Wildman–Crippen MR) is 70.1 cm³/mol. The van der Waals surface area contributed by atoms with Crippen molar-refractivity contribution in [1.82, 2.24) is 0 Å². The van der Waals surface area contributed by atoms with E-state index in [0.717, 1.165) is 0 Å². The normalized spacial score (nSPS) is 49.6. The summed E-state index contributed by atoms with van der Waals surface area (Å²) >= 11 is 0. The lowest BCUT2D eigenvalue weighted by molar-refractivity contribution is 2.24. The highest BCUT2D eigenvalue weighted by molar-refractivity contribution is 9.11. The molecule has 0 amide bonds. The summed E-state index contributed by atoms with van der Waals surface area (Å²) in [6, 6.07) is 0. The molecule has 0 aromatic carbocycles. The van der Waals surface area contributed by atoms with Gasteiger partial charge in [-0.1, -0.05) is 0 Å². The van der Waals surface area contributed by atoms with Gasteiger partial charge in [-0.2, -0.15) is 0 Å². The van der Waals surface area contributed by atoms with Gasteiger partial charge in [0.15, 0.2) is 0 Å². The molecule has 1 rings (SSSR count). The minimum Gasteiger partial charge on any atom is -0.0329 e. The molecule has 0 spiro atoms. The minimum atomic E-state index is -0.400. The maximum absolute atomic E-state index is 2.62. The maximum atomic E-state index is 2.62. The Hall–Kier alpha value is 2.15. The van der Waals surface area contributed by atoms with Gasteiger partial charge >= 0.3 is 0 Å². The van der Waals surface area contributed by atoms with E-state index in [9.17, 15) is 0 Å². The fourth-order valence-electron chi connectivity index (χ4n) is 1.20. The van der Waals surface area contributed by atoms with E-state index in [2.05, 4.69) is 40.0 Å². The summed E-state index contributed by atoms with van der Waals surface area (Å²) in [6.45, 7) is 15.1. The van der Waals surface area contributed by atoms with Gasteiger partial charge in [-0.3, -0.25) is 0 Å². The molecular weight excluding hydrogens is 227 g/mol. The molecule has 1 fully saturated rings. The molecule has 0 saturated carbocycles. The average Bonchev–Trinajstić information content (AvgIpc) is 2.06. The summed E-state index contributed by atoms with van der Waals surface area (Å²) < 4.78 is 0. The molecule has 0 radical (unpaired) electrons. The molecular formula is C6H18P5+. The van der Waals surface area contributed by atoms with E-state index in [1.165, 1.54) is 0 Å². The second kappa shape index (κ2) is 3.72. The third-order valence-corrected chi connectivity index (χ3v) is 57.8. The van der Waals surface area contributed by atoms with E-state index in [0.29, 0.717) is 29.2 Å². The maximum Gasteiger partial charge on any atom is 0.0822 e. The van der Waals surface area contributed by atoms with Gasteiger partial charge in [0.25, 0.3) is 0 Å². The summed E-state index contributed by atoms with van der Waals surface area (Å²) in [5.74, 6) is 0. The van der Waals surface area contributed by atoms with Crippen LogP contribution < -0.4 is 0 Å². The van der Waals surface area contributed by atoms with Crippen LogP contribution in [0.15, 0.2) is 0 Å². The molecule has 5 heteroatoms. The van der Waals surface area contributed by atoms with Crippen LogP contribution in [0.2, 0.25) is 0 Å². The van der Waals surface area contributed by atoms with E-state index >= 15 is 0 Å². The fourth-order valence-corrected chi connectivity index (χ4v) is 77.5. The number of hydrogen-bond acceptors (Lipinski definition) is 0. The van der Waals surface area contributed by atoms with Crippen molar-refractivity contribution in [2.45, 2.75) is 0 Å². The topological polar surface area (TPSA) is 0 Å². The molecule has 11 heavy (non-hydrogen) atoms. The molecule has 0 aromatic rings. The Bertz CT molecular complexity index is 141. The molecule has 1 saturated heterocycles. The minimum absolute atomic E-state index is 0.400. The second-order valence-electron chi connectivity index (χ2n) is 3.29. The van der Waals surface area contributed by atoms with E-state index in [4.69, 9.17) is 0 Å². The van der Waals surface area contributed by atoms with Gasteiger partial charge in [0.2, 0.25) is 0 Å². The zero-order chi connectivity index (χ0) is 8.81. The molecule has 0 N–H and O–H groups in total. The van der Waals surface area contributed by atoms with Crippen LogP contribution in [0.5, 0.6) is 0 Å². The van der Waals surface area contributed by atoms with Crippen molar-refractivity contribution in [3.63, 3.8) is 0 Å². The van der Waals surface area contributed by atoms with Gasteiger partial charge in [0.05, 0.1) is 34.6 Å². The highest BCUT2D eigenvalue weighted by Crippen LogP contribution is 3.22. The fraction of sp³-hybridized carbons (Fsp3) is 1.00. The first-order valence-corrected chi connectivity index (χ1v) is 17.0.